The number of anilines is 1. The van der Waals surface area contributed by atoms with Crippen LogP contribution in [0, 0.1) is 11.7 Å². The molecule has 0 spiro atoms. The molecule has 2 N–H and O–H groups in total. The molecule has 0 radical (unpaired) electrons. The lowest BCUT2D eigenvalue weighted by atomic mass is 9.84. The van der Waals surface area contributed by atoms with Crippen LogP contribution in [0.1, 0.15) is 50.0 Å². The van der Waals surface area contributed by atoms with Crippen LogP contribution in [0.2, 0.25) is 0 Å². The van der Waals surface area contributed by atoms with Gasteiger partial charge in [-0.2, -0.15) is 0 Å². The normalized spacial score (nSPS) is 22.1. The summed E-state index contributed by atoms with van der Waals surface area (Å²) in [6.45, 7) is 2.93. The molecule has 1 heterocycles. The van der Waals surface area contributed by atoms with Crippen molar-refractivity contribution in [2.45, 2.75) is 50.5 Å². The summed E-state index contributed by atoms with van der Waals surface area (Å²) in [6.07, 6.45) is 7.36. The molecule has 0 amide bonds. The van der Waals surface area contributed by atoms with Gasteiger partial charge in [0, 0.05) is 18.8 Å². The first-order chi connectivity index (χ1) is 14.7. The van der Waals surface area contributed by atoms with Gasteiger partial charge in [0.1, 0.15) is 5.82 Å². The molecule has 30 heavy (non-hydrogen) atoms. The van der Waals surface area contributed by atoms with Crippen molar-refractivity contribution in [1.29, 1.82) is 0 Å². The molecule has 0 aromatic heterocycles. The van der Waals surface area contributed by atoms with E-state index in [9.17, 15) is 4.39 Å². The molecule has 1 saturated heterocycles. The highest BCUT2D eigenvalue weighted by molar-refractivity contribution is 5.44. The van der Waals surface area contributed by atoms with E-state index in [-0.39, 0.29) is 5.82 Å². The first-order valence-corrected chi connectivity index (χ1v) is 11.3. The lowest BCUT2D eigenvalue weighted by Crippen LogP contribution is -2.36. The molecular formula is C25H33FN2O2. The van der Waals surface area contributed by atoms with E-state index in [0.29, 0.717) is 17.9 Å². The predicted molar refractivity (Wildman–Crippen MR) is 119 cm³/mol. The van der Waals surface area contributed by atoms with E-state index in [4.69, 9.17) is 9.47 Å². The lowest BCUT2D eigenvalue weighted by molar-refractivity contribution is 0.200. The van der Waals surface area contributed by atoms with E-state index in [0.717, 1.165) is 62.5 Å². The number of rotatable bonds is 8. The Labute approximate surface area is 179 Å². The number of nitrogens with one attached hydrogen (secondary N) is 2. The molecule has 0 unspecified atom stereocenters. The van der Waals surface area contributed by atoms with Crippen LogP contribution in [0.4, 0.5) is 10.1 Å². The zero-order chi connectivity index (χ0) is 20.8. The van der Waals surface area contributed by atoms with Crippen LogP contribution in [0.15, 0.2) is 42.5 Å². The summed E-state index contributed by atoms with van der Waals surface area (Å²) in [5.74, 6) is 2.61. The highest BCUT2D eigenvalue weighted by atomic mass is 19.1. The monoisotopic (exact) mass is 412 g/mol. The predicted octanol–water partition coefficient (Wildman–Crippen LogP) is 5.35. The molecule has 0 bridgehead atoms. The highest BCUT2D eigenvalue weighted by Crippen LogP contribution is 2.36. The third-order valence-corrected chi connectivity index (χ3v) is 6.42. The summed E-state index contributed by atoms with van der Waals surface area (Å²) < 4.78 is 24.9. The minimum atomic E-state index is -0.198. The van der Waals surface area contributed by atoms with Crippen molar-refractivity contribution in [3.8, 4) is 11.5 Å². The maximum atomic E-state index is 13.0. The molecule has 4 nitrogen and oxygen atoms in total. The summed E-state index contributed by atoms with van der Waals surface area (Å²) in [5, 5.41) is 7.02. The summed E-state index contributed by atoms with van der Waals surface area (Å²) >= 11 is 0. The minimum Gasteiger partial charge on any atom is -0.493 e. The molecule has 2 aliphatic rings. The maximum absolute atomic E-state index is 13.0. The average Bonchev–Trinajstić information content (AvgIpc) is 3.28. The Bertz CT molecular complexity index is 805. The fraction of sp³-hybridized carbons (Fsp3) is 0.520. The topological polar surface area (TPSA) is 42.5 Å². The summed E-state index contributed by atoms with van der Waals surface area (Å²) in [6, 6.07) is 13.0. The number of benzene rings is 2. The molecule has 162 valence electrons. The summed E-state index contributed by atoms with van der Waals surface area (Å²) in [4.78, 5) is 0. The number of methoxy groups -OCH3 is 1. The Morgan fingerprint density at radius 1 is 1.03 bits per heavy atom. The minimum absolute atomic E-state index is 0.198. The SMILES string of the molecule is COc1ccc([C@H]2CNC[C@@H](CCNc3ccc(F)cc3)C2)cc1OC1CCCC1. The van der Waals surface area contributed by atoms with Crippen LogP contribution in [0.25, 0.3) is 0 Å². The van der Waals surface area contributed by atoms with Gasteiger partial charge in [0.05, 0.1) is 13.2 Å². The molecule has 1 aliphatic heterocycles. The third-order valence-electron chi connectivity index (χ3n) is 6.42. The zero-order valence-electron chi connectivity index (χ0n) is 17.8. The van der Waals surface area contributed by atoms with Gasteiger partial charge in [-0.25, -0.2) is 4.39 Å². The Hall–Kier alpha value is -2.27. The van der Waals surface area contributed by atoms with Gasteiger partial charge in [-0.3, -0.25) is 0 Å². The van der Waals surface area contributed by atoms with Crippen molar-refractivity contribution in [2.75, 3.05) is 32.1 Å². The molecule has 1 saturated carbocycles. The van der Waals surface area contributed by atoms with E-state index in [1.165, 1.54) is 30.5 Å². The molecule has 2 aromatic carbocycles. The van der Waals surface area contributed by atoms with E-state index in [1.54, 1.807) is 19.2 Å². The Morgan fingerprint density at radius 2 is 1.83 bits per heavy atom. The standard InChI is InChI=1S/C25H33FN2O2/c1-29-24-11-6-19(15-25(24)30-23-4-2-3-5-23)20-14-18(16-27-17-20)12-13-28-22-9-7-21(26)8-10-22/h6-11,15,18,20,23,27-28H,2-5,12-14,16-17H2,1H3/t18-,20+/m0/s1. The molecule has 2 fully saturated rings. The summed E-state index contributed by atoms with van der Waals surface area (Å²) in [5.41, 5.74) is 2.30. The van der Waals surface area contributed by atoms with Crippen LogP contribution < -0.4 is 20.1 Å². The van der Waals surface area contributed by atoms with Gasteiger partial charge in [0.25, 0.3) is 0 Å². The van der Waals surface area contributed by atoms with E-state index < -0.39 is 0 Å². The zero-order valence-corrected chi connectivity index (χ0v) is 17.8. The number of hydrogen-bond acceptors (Lipinski definition) is 4. The fourth-order valence-electron chi connectivity index (χ4n) is 4.72. The van der Waals surface area contributed by atoms with Crippen molar-refractivity contribution in [3.05, 3.63) is 53.8 Å². The van der Waals surface area contributed by atoms with Gasteiger partial charge in [0.2, 0.25) is 0 Å². The molecular weight excluding hydrogens is 379 g/mol. The number of piperidine rings is 1. The second-order valence-corrected chi connectivity index (χ2v) is 8.61. The van der Waals surface area contributed by atoms with Crippen LogP contribution >= 0.6 is 0 Å². The van der Waals surface area contributed by atoms with E-state index in [1.807, 2.05) is 0 Å². The first kappa shape index (κ1) is 21.0. The van der Waals surface area contributed by atoms with Crippen LogP contribution in [0.3, 0.4) is 0 Å². The largest absolute Gasteiger partial charge is 0.493 e. The van der Waals surface area contributed by atoms with Crippen LogP contribution in [-0.2, 0) is 0 Å². The number of halogens is 1. The van der Waals surface area contributed by atoms with Crippen LogP contribution in [-0.4, -0.2) is 32.8 Å². The molecule has 1 aliphatic carbocycles. The second kappa shape index (κ2) is 10.2. The Morgan fingerprint density at radius 3 is 2.60 bits per heavy atom. The van der Waals surface area contributed by atoms with Crippen molar-refractivity contribution in [3.63, 3.8) is 0 Å². The second-order valence-electron chi connectivity index (χ2n) is 8.61. The summed E-state index contributed by atoms with van der Waals surface area (Å²) in [7, 11) is 1.71. The first-order valence-electron chi connectivity index (χ1n) is 11.3. The lowest BCUT2D eigenvalue weighted by Gasteiger charge is -2.31. The molecule has 2 atom stereocenters. The van der Waals surface area contributed by atoms with E-state index in [2.05, 4.69) is 28.8 Å². The van der Waals surface area contributed by atoms with Crippen molar-refractivity contribution in [1.82, 2.24) is 5.32 Å². The maximum Gasteiger partial charge on any atom is 0.161 e. The van der Waals surface area contributed by atoms with Gasteiger partial charge >= 0.3 is 0 Å². The average molecular weight is 413 g/mol. The van der Waals surface area contributed by atoms with E-state index >= 15 is 0 Å². The quantitative estimate of drug-likeness (QED) is 0.613. The van der Waals surface area contributed by atoms with Gasteiger partial charge < -0.3 is 20.1 Å². The molecule has 2 aromatic rings. The van der Waals surface area contributed by atoms with Gasteiger partial charge in [0.15, 0.2) is 11.5 Å². The van der Waals surface area contributed by atoms with Crippen LogP contribution in [0.5, 0.6) is 11.5 Å². The fourth-order valence-corrected chi connectivity index (χ4v) is 4.72. The Balaban J connectivity index is 1.34. The number of hydrogen-bond donors (Lipinski definition) is 2. The smallest absolute Gasteiger partial charge is 0.161 e. The highest BCUT2D eigenvalue weighted by Gasteiger charge is 2.25. The number of ether oxygens (including phenoxy) is 2. The van der Waals surface area contributed by atoms with Gasteiger partial charge in [-0.05, 0) is 98.9 Å². The van der Waals surface area contributed by atoms with Crippen molar-refractivity contribution in [2.24, 2.45) is 5.92 Å². The third kappa shape index (κ3) is 5.45. The van der Waals surface area contributed by atoms with Crippen molar-refractivity contribution >= 4 is 5.69 Å². The van der Waals surface area contributed by atoms with Gasteiger partial charge in [-0.1, -0.05) is 6.07 Å². The van der Waals surface area contributed by atoms with Gasteiger partial charge in [-0.15, -0.1) is 0 Å². The molecule has 5 heteroatoms. The molecule has 4 rings (SSSR count). The Kier molecular flexibility index (Phi) is 7.11. The van der Waals surface area contributed by atoms with Crippen molar-refractivity contribution < 1.29 is 13.9 Å².